The number of carbonyl (C=O) groups excluding carboxylic acids is 1. The smallest absolute Gasteiger partial charge is 0.241 e. The van der Waals surface area contributed by atoms with Crippen LogP contribution in [0, 0.1) is 0 Å². The molecule has 0 aliphatic heterocycles. The van der Waals surface area contributed by atoms with Crippen molar-refractivity contribution in [1.29, 1.82) is 0 Å². The van der Waals surface area contributed by atoms with E-state index in [2.05, 4.69) is 15.5 Å². The minimum absolute atomic E-state index is 0.0364. The van der Waals surface area contributed by atoms with E-state index in [4.69, 9.17) is 11.6 Å². The van der Waals surface area contributed by atoms with Crippen molar-refractivity contribution < 1.29 is 13.2 Å². The monoisotopic (exact) mass is 393 g/mol. The number of carbonyl (C=O) groups is 1. The molecular weight excluding hydrogens is 382 g/mol. The van der Waals surface area contributed by atoms with Gasteiger partial charge in [0.05, 0.1) is 4.90 Å². The van der Waals surface area contributed by atoms with E-state index in [0.29, 0.717) is 10.0 Å². The zero-order valence-electron chi connectivity index (χ0n) is 12.7. The van der Waals surface area contributed by atoms with Crippen molar-refractivity contribution in [2.45, 2.75) is 4.90 Å². The molecule has 0 aliphatic rings. The summed E-state index contributed by atoms with van der Waals surface area (Å²) in [4.78, 5) is 12.1. The molecule has 0 saturated heterocycles. The van der Waals surface area contributed by atoms with Gasteiger partial charge in [-0.1, -0.05) is 53.3 Å². The third-order valence-electron chi connectivity index (χ3n) is 3.19. The summed E-state index contributed by atoms with van der Waals surface area (Å²) in [7, 11) is -3.76. The first-order valence-electron chi connectivity index (χ1n) is 7.11. The van der Waals surface area contributed by atoms with E-state index in [9.17, 15) is 13.2 Å². The average Bonchev–Trinajstić information content (AvgIpc) is 3.04. The zero-order chi connectivity index (χ0) is 17.9. The molecule has 1 aromatic heterocycles. The molecule has 0 aliphatic carbocycles. The fraction of sp³-hybridized carbons (Fsp3) is 0.0625. The molecule has 0 atom stereocenters. The standard InChI is InChI=1S/C16H12ClN3O3S2/c17-12-6-8-13(9-7-12)25(22,23)10-14(21)18-16-20-19-15(24-16)11-4-2-1-3-5-11/h1-9H,10H2,(H,18,20,21). The Morgan fingerprint density at radius 2 is 1.72 bits per heavy atom. The Kier molecular flexibility index (Phi) is 5.12. The number of hydrogen-bond acceptors (Lipinski definition) is 6. The largest absolute Gasteiger partial charge is 0.300 e. The van der Waals surface area contributed by atoms with Crippen molar-refractivity contribution in [2.75, 3.05) is 11.1 Å². The minimum atomic E-state index is -3.76. The average molecular weight is 394 g/mol. The summed E-state index contributed by atoms with van der Waals surface area (Å²) in [6.07, 6.45) is 0. The van der Waals surface area contributed by atoms with Crippen molar-refractivity contribution in [1.82, 2.24) is 10.2 Å². The van der Waals surface area contributed by atoms with Gasteiger partial charge in [-0.2, -0.15) is 0 Å². The molecule has 128 valence electrons. The van der Waals surface area contributed by atoms with Crippen LogP contribution in [0.25, 0.3) is 10.6 Å². The fourth-order valence-electron chi connectivity index (χ4n) is 2.02. The summed E-state index contributed by atoms with van der Waals surface area (Å²) < 4.78 is 24.5. The van der Waals surface area contributed by atoms with Gasteiger partial charge in [-0.15, -0.1) is 10.2 Å². The van der Waals surface area contributed by atoms with Crippen LogP contribution >= 0.6 is 22.9 Å². The van der Waals surface area contributed by atoms with Crippen molar-refractivity contribution in [3.8, 4) is 10.6 Å². The molecule has 0 saturated carbocycles. The van der Waals surface area contributed by atoms with Crippen LogP contribution in [0.3, 0.4) is 0 Å². The van der Waals surface area contributed by atoms with Crippen molar-refractivity contribution >= 4 is 43.8 Å². The zero-order valence-corrected chi connectivity index (χ0v) is 15.1. The van der Waals surface area contributed by atoms with Gasteiger partial charge in [0.1, 0.15) is 10.8 Å². The van der Waals surface area contributed by atoms with Gasteiger partial charge in [-0.05, 0) is 24.3 Å². The first kappa shape index (κ1) is 17.5. The van der Waals surface area contributed by atoms with Crippen LogP contribution < -0.4 is 5.32 Å². The van der Waals surface area contributed by atoms with Crippen LogP contribution in [0.4, 0.5) is 5.13 Å². The highest BCUT2D eigenvalue weighted by Gasteiger charge is 2.20. The Bertz CT molecular complexity index is 987. The van der Waals surface area contributed by atoms with Gasteiger partial charge < -0.3 is 0 Å². The Hall–Kier alpha value is -2.29. The first-order chi connectivity index (χ1) is 11.9. The van der Waals surface area contributed by atoms with Crippen LogP contribution in [-0.4, -0.2) is 30.3 Å². The number of aromatic nitrogens is 2. The molecule has 0 bridgehead atoms. The Labute approximate surface area is 153 Å². The van der Waals surface area contributed by atoms with Crippen LogP contribution in [0.1, 0.15) is 0 Å². The van der Waals surface area contributed by atoms with E-state index in [-0.39, 0.29) is 10.0 Å². The van der Waals surface area contributed by atoms with E-state index in [1.807, 2.05) is 30.3 Å². The number of nitrogens with zero attached hydrogens (tertiary/aromatic N) is 2. The SMILES string of the molecule is O=C(CS(=O)(=O)c1ccc(Cl)cc1)Nc1nnc(-c2ccccc2)s1. The summed E-state index contributed by atoms with van der Waals surface area (Å²) in [5.41, 5.74) is 0.870. The molecule has 2 aromatic carbocycles. The van der Waals surface area contributed by atoms with Gasteiger partial charge in [-0.3, -0.25) is 10.1 Å². The molecule has 0 unspecified atom stereocenters. The number of sulfone groups is 1. The van der Waals surface area contributed by atoms with Crippen LogP contribution in [-0.2, 0) is 14.6 Å². The number of rotatable bonds is 5. The van der Waals surface area contributed by atoms with E-state index < -0.39 is 21.5 Å². The Morgan fingerprint density at radius 3 is 2.40 bits per heavy atom. The van der Waals surface area contributed by atoms with Crippen LogP contribution in [0.15, 0.2) is 59.5 Å². The maximum atomic E-state index is 12.2. The van der Waals surface area contributed by atoms with Gasteiger partial charge in [-0.25, -0.2) is 8.42 Å². The molecule has 3 aromatic rings. The summed E-state index contributed by atoms with van der Waals surface area (Å²) >= 11 is 6.91. The highest BCUT2D eigenvalue weighted by molar-refractivity contribution is 7.92. The molecule has 1 N–H and O–H groups in total. The Balaban J connectivity index is 1.69. The predicted molar refractivity (Wildman–Crippen MR) is 97.5 cm³/mol. The topological polar surface area (TPSA) is 89.0 Å². The molecule has 25 heavy (non-hydrogen) atoms. The lowest BCUT2D eigenvalue weighted by molar-refractivity contribution is -0.113. The third-order valence-corrected chi connectivity index (χ3v) is 5.96. The van der Waals surface area contributed by atoms with Crippen molar-refractivity contribution in [3.63, 3.8) is 0 Å². The normalized spacial score (nSPS) is 11.2. The summed E-state index contributed by atoms with van der Waals surface area (Å²) in [5.74, 6) is -1.36. The van der Waals surface area contributed by atoms with E-state index in [1.165, 1.54) is 35.6 Å². The highest BCUT2D eigenvalue weighted by Crippen LogP contribution is 2.26. The van der Waals surface area contributed by atoms with Crippen molar-refractivity contribution in [2.24, 2.45) is 0 Å². The number of amides is 1. The summed E-state index contributed by atoms with van der Waals surface area (Å²) in [5, 5.41) is 11.6. The van der Waals surface area contributed by atoms with E-state index in [1.54, 1.807) is 0 Å². The fourth-order valence-corrected chi connectivity index (χ4v) is 4.05. The second kappa shape index (κ2) is 7.30. The number of hydrogen-bond donors (Lipinski definition) is 1. The number of anilines is 1. The van der Waals surface area contributed by atoms with E-state index in [0.717, 1.165) is 5.56 Å². The highest BCUT2D eigenvalue weighted by atomic mass is 35.5. The lowest BCUT2D eigenvalue weighted by Gasteiger charge is -2.04. The van der Waals surface area contributed by atoms with Gasteiger partial charge in [0.2, 0.25) is 11.0 Å². The Morgan fingerprint density at radius 1 is 1.04 bits per heavy atom. The first-order valence-corrected chi connectivity index (χ1v) is 9.96. The molecule has 1 amide bonds. The van der Waals surface area contributed by atoms with Crippen LogP contribution in [0.2, 0.25) is 5.02 Å². The van der Waals surface area contributed by atoms with Gasteiger partial charge in [0, 0.05) is 10.6 Å². The lowest BCUT2D eigenvalue weighted by atomic mass is 10.2. The number of benzene rings is 2. The molecule has 1 heterocycles. The van der Waals surface area contributed by atoms with Gasteiger partial charge in [0.15, 0.2) is 9.84 Å². The summed E-state index contributed by atoms with van der Waals surface area (Å²) in [6.45, 7) is 0. The molecule has 3 rings (SSSR count). The summed E-state index contributed by atoms with van der Waals surface area (Å²) in [6, 6.07) is 15.0. The van der Waals surface area contributed by atoms with E-state index >= 15 is 0 Å². The lowest BCUT2D eigenvalue weighted by Crippen LogP contribution is -2.22. The van der Waals surface area contributed by atoms with Gasteiger partial charge >= 0.3 is 0 Å². The molecule has 0 radical (unpaired) electrons. The molecule has 0 spiro atoms. The maximum absolute atomic E-state index is 12.2. The molecule has 9 heteroatoms. The molecule has 0 fully saturated rings. The quantitative estimate of drug-likeness (QED) is 0.718. The maximum Gasteiger partial charge on any atom is 0.241 e. The minimum Gasteiger partial charge on any atom is -0.300 e. The second-order valence-corrected chi connectivity index (χ2v) is 8.44. The van der Waals surface area contributed by atoms with Crippen LogP contribution in [0.5, 0.6) is 0 Å². The third kappa shape index (κ3) is 4.41. The van der Waals surface area contributed by atoms with Gasteiger partial charge in [0.25, 0.3) is 0 Å². The number of halogens is 1. The predicted octanol–water partition coefficient (Wildman–Crippen LogP) is 3.27. The van der Waals surface area contributed by atoms with Crippen molar-refractivity contribution in [3.05, 3.63) is 59.6 Å². The second-order valence-electron chi connectivity index (χ2n) is 5.04. The molecular formula is C16H12ClN3O3S2. The molecule has 6 nitrogen and oxygen atoms in total. The number of nitrogens with one attached hydrogen (secondary N) is 1.